The van der Waals surface area contributed by atoms with Gasteiger partial charge >= 0.3 is 0 Å². The molecular weight excluding hydrogens is 424 g/mol. The molecule has 3 rings (SSSR count). The van der Waals surface area contributed by atoms with Crippen molar-refractivity contribution in [1.29, 1.82) is 0 Å². The lowest BCUT2D eigenvalue weighted by molar-refractivity contribution is -0.387. The fourth-order valence-electron chi connectivity index (χ4n) is 2.86. The second-order valence-electron chi connectivity index (χ2n) is 5.90. The Hall–Kier alpha value is -2.26. The van der Waals surface area contributed by atoms with Crippen molar-refractivity contribution < 1.29 is 18.1 Å². The second-order valence-corrected chi connectivity index (χ2v) is 8.73. The van der Waals surface area contributed by atoms with Crippen molar-refractivity contribution in [3.63, 3.8) is 0 Å². The zero-order valence-electron chi connectivity index (χ0n) is 13.6. The molecule has 1 fully saturated rings. The largest absolute Gasteiger partial charge is 0.339 e. The lowest BCUT2D eigenvalue weighted by atomic mass is 10.2. The van der Waals surface area contributed by atoms with Crippen LogP contribution in [0.3, 0.4) is 0 Å². The molecule has 0 aromatic heterocycles. The summed E-state index contributed by atoms with van der Waals surface area (Å²) in [5.41, 5.74) is -0.480. The molecule has 1 amide bonds. The third-order valence-corrected chi connectivity index (χ3v) is 6.56. The highest BCUT2D eigenvalue weighted by molar-refractivity contribution is 9.10. The number of rotatable bonds is 4. The van der Waals surface area contributed by atoms with Crippen molar-refractivity contribution in [2.24, 2.45) is 0 Å². The molecule has 26 heavy (non-hydrogen) atoms. The molecule has 7 nitrogen and oxygen atoms in total. The molecule has 0 saturated carbocycles. The van der Waals surface area contributed by atoms with Gasteiger partial charge in [-0.25, -0.2) is 8.42 Å². The highest BCUT2D eigenvalue weighted by atomic mass is 79.9. The summed E-state index contributed by atoms with van der Waals surface area (Å²) in [6.07, 6.45) is 1.79. The average molecular weight is 439 g/mol. The highest BCUT2D eigenvalue weighted by Crippen LogP contribution is 2.31. The number of carbonyl (C=O) groups is 1. The van der Waals surface area contributed by atoms with Gasteiger partial charge < -0.3 is 4.90 Å². The van der Waals surface area contributed by atoms with E-state index in [9.17, 15) is 23.3 Å². The first kappa shape index (κ1) is 18.5. The van der Waals surface area contributed by atoms with E-state index in [0.29, 0.717) is 17.6 Å². The molecule has 1 saturated heterocycles. The fraction of sp³-hybridized carbons (Fsp3) is 0.235. The summed E-state index contributed by atoms with van der Waals surface area (Å²) in [7, 11) is -4.08. The number of sulfone groups is 1. The van der Waals surface area contributed by atoms with Gasteiger partial charge in [-0.15, -0.1) is 0 Å². The van der Waals surface area contributed by atoms with Crippen LogP contribution in [-0.4, -0.2) is 37.2 Å². The first-order valence-corrected chi connectivity index (χ1v) is 10.2. The zero-order chi connectivity index (χ0) is 18.9. The third kappa shape index (κ3) is 3.49. The molecule has 0 bridgehead atoms. The lowest BCUT2D eigenvalue weighted by Crippen LogP contribution is -2.27. The van der Waals surface area contributed by atoms with E-state index in [1.165, 1.54) is 18.2 Å². The lowest BCUT2D eigenvalue weighted by Gasteiger charge is -2.15. The van der Waals surface area contributed by atoms with Gasteiger partial charge in [-0.2, -0.15) is 0 Å². The number of hydrogen-bond donors (Lipinski definition) is 0. The summed E-state index contributed by atoms with van der Waals surface area (Å²) in [5.74, 6) is -0.321. The molecule has 1 aliphatic heterocycles. The molecule has 9 heteroatoms. The first-order chi connectivity index (χ1) is 12.3. The predicted molar refractivity (Wildman–Crippen MR) is 97.8 cm³/mol. The van der Waals surface area contributed by atoms with Crippen molar-refractivity contribution in [3.8, 4) is 0 Å². The summed E-state index contributed by atoms with van der Waals surface area (Å²) < 4.78 is 26.3. The average Bonchev–Trinajstić information content (AvgIpc) is 3.15. The minimum absolute atomic E-state index is 0.0533. The van der Waals surface area contributed by atoms with Crippen molar-refractivity contribution in [3.05, 3.63) is 62.6 Å². The van der Waals surface area contributed by atoms with Gasteiger partial charge in [0.15, 0.2) is 0 Å². The zero-order valence-corrected chi connectivity index (χ0v) is 16.0. The molecule has 0 unspecified atom stereocenters. The minimum Gasteiger partial charge on any atom is -0.339 e. The molecule has 0 N–H and O–H groups in total. The van der Waals surface area contributed by atoms with E-state index in [4.69, 9.17) is 0 Å². The summed E-state index contributed by atoms with van der Waals surface area (Å²) >= 11 is 3.22. The summed E-state index contributed by atoms with van der Waals surface area (Å²) in [6.45, 7) is 1.21. The molecule has 0 aliphatic carbocycles. The highest BCUT2D eigenvalue weighted by Gasteiger charge is 2.30. The molecule has 1 aliphatic rings. The van der Waals surface area contributed by atoms with Crippen LogP contribution >= 0.6 is 15.9 Å². The van der Waals surface area contributed by atoms with E-state index in [1.807, 2.05) is 0 Å². The van der Waals surface area contributed by atoms with Gasteiger partial charge in [-0.1, -0.05) is 15.9 Å². The Morgan fingerprint density at radius 2 is 1.69 bits per heavy atom. The van der Waals surface area contributed by atoms with Gasteiger partial charge in [0.25, 0.3) is 11.6 Å². The Morgan fingerprint density at radius 3 is 2.27 bits per heavy atom. The maximum Gasteiger partial charge on any atom is 0.289 e. The number of amides is 1. The van der Waals surface area contributed by atoms with Gasteiger partial charge in [0.2, 0.25) is 9.84 Å². The van der Waals surface area contributed by atoms with Crippen molar-refractivity contribution in [2.75, 3.05) is 13.1 Å². The Kier molecular flexibility index (Phi) is 5.10. The van der Waals surface area contributed by atoms with E-state index >= 15 is 0 Å². The van der Waals surface area contributed by atoms with Crippen molar-refractivity contribution in [2.45, 2.75) is 22.6 Å². The van der Waals surface area contributed by atoms with Crippen LogP contribution in [0.4, 0.5) is 5.69 Å². The number of nitro benzene ring substituents is 1. The molecule has 0 radical (unpaired) electrons. The number of halogens is 1. The summed E-state index contributed by atoms with van der Waals surface area (Å²) in [6, 6.07) is 9.34. The Bertz CT molecular complexity index is 967. The van der Waals surface area contributed by atoms with Gasteiger partial charge in [-0.3, -0.25) is 14.9 Å². The SMILES string of the molecule is O=C(c1ccc(S(=O)(=O)c2ccc(Br)cc2)c([N+](=O)[O-])c1)N1CCCC1. The third-order valence-electron chi connectivity index (χ3n) is 4.21. The quantitative estimate of drug-likeness (QED) is 0.537. The van der Waals surface area contributed by atoms with Crippen molar-refractivity contribution >= 4 is 37.4 Å². The summed E-state index contributed by atoms with van der Waals surface area (Å²) in [5, 5.41) is 11.5. The summed E-state index contributed by atoms with van der Waals surface area (Å²) in [4.78, 5) is 24.3. The smallest absolute Gasteiger partial charge is 0.289 e. The molecule has 0 atom stereocenters. The fourth-order valence-corrected chi connectivity index (χ4v) is 4.53. The van der Waals surface area contributed by atoms with Gasteiger partial charge in [0.05, 0.1) is 9.82 Å². The van der Waals surface area contributed by atoms with Gasteiger partial charge in [-0.05, 0) is 49.2 Å². The topological polar surface area (TPSA) is 97.6 Å². The Labute approximate surface area is 158 Å². The normalized spacial score (nSPS) is 14.4. The number of benzene rings is 2. The van der Waals surface area contributed by atoms with Gasteiger partial charge in [0, 0.05) is 29.2 Å². The molecule has 0 spiro atoms. The van der Waals surface area contributed by atoms with Crippen molar-refractivity contribution in [1.82, 2.24) is 4.90 Å². The van der Waals surface area contributed by atoms with E-state index in [2.05, 4.69) is 15.9 Å². The van der Waals surface area contributed by atoms with Crippen LogP contribution in [0.15, 0.2) is 56.7 Å². The van der Waals surface area contributed by atoms with Crippen LogP contribution < -0.4 is 0 Å². The van der Waals surface area contributed by atoms with E-state index in [-0.39, 0.29) is 16.4 Å². The van der Waals surface area contributed by atoms with Crippen LogP contribution in [-0.2, 0) is 9.84 Å². The number of hydrogen-bond acceptors (Lipinski definition) is 5. The van der Waals surface area contributed by atoms with Crippen LogP contribution in [0.5, 0.6) is 0 Å². The second kappa shape index (κ2) is 7.16. The van der Waals surface area contributed by atoms with Crippen LogP contribution in [0, 0.1) is 10.1 Å². The monoisotopic (exact) mass is 438 g/mol. The molecular formula is C17H15BrN2O5S. The van der Waals surface area contributed by atoms with E-state index in [0.717, 1.165) is 25.0 Å². The Balaban J connectivity index is 2.06. The van der Waals surface area contributed by atoms with Gasteiger partial charge in [0.1, 0.15) is 4.90 Å². The maximum atomic E-state index is 12.8. The van der Waals surface area contributed by atoms with E-state index in [1.54, 1.807) is 17.0 Å². The standard InChI is InChI=1S/C17H15BrN2O5S/c18-13-4-6-14(7-5-13)26(24,25)16-8-3-12(11-15(16)20(22)23)17(21)19-9-1-2-10-19/h3-8,11H,1-2,9-10H2. The number of nitrogens with zero attached hydrogens (tertiary/aromatic N) is 2. The molecule has 2 aromatic carbocycles. The molecule has 2 aromatic rings. The first-order valence-electron chi connectivity index (χ1n) is 7.89. The van der Waals surface area contributed by atoms with Crippen LogP contribution in [0.1, 0.15) is 23.2 Å². The maximum absolute atomic E-state index is 12.8. The number of carbonyl (C=O) groups excluding carboxylic acids is 1. The van der Waals surface area contributed by atoms with Crippen LogP contribution in [0.2, 0.25) is 0 Å². The Morgan fingerprint density at radius 1 is 1.08 bits per heavy atom. The number of nitro groups is 1. The van der Waals surface area contributed by atoms with Crippen LogP contribution in [0.25, 0.3) is 0 Å². The predicted octanol–water partition coefficient (Wildman–Crippen LogP) is 3.43. The van der Waals surface area contributed by atoms with E-state index < -0.39 is 25.3 Å². The minimum atomic E-state index is -4.08. The molecule has 1 heterocycles. The number of likely N-dealkylation sites (tertiary alicyclic amines) is 1. The molecule has 136 valence electrons.